The van der Waals surface area contributed by atoms with Gasteiger partial charge in [-0.05, 0) is 35.4 Å². The number of nitro groups is 1. The second kappa shape index (κ2) is 6.96. The van der Waals surface area contributed by atoms with Gasteiger partial charge < -0.3 is 4.74 Å². The fraction of sp³-hybridized carbons (Fsp3) is 0.0476. The highest BCUT2D eigenvalue weighted by atomic mass is 16.6. The number of rotatable bonds is 4. The normalized spacial score (nSPS) is 10.8. The largest absolute Gasteiger partial charge is 0.465 e. The highest BCUT2D eigenvalue weighted by molar-refractivity contribution is 6.04. The summed E-state index contributed by atoms with van der Waals surface area (Å²) in [6, 6.07) is 19.2. The molecule has 0 aliphatic heterocycles. The van der Waals surface area contributed by atoms with Gasteiger partial charge in [-0.1, -0.05) is 30.3 Å². The van der Waals surface area contributed by atoms with E-state index in [2.05, 4.69) is 5.10 Å². The number of esters is 1. The minimum atomic E-state index is -0.442. The molecule has 7 nitrogen and oxygen atoms in total. The molecule has 138 valence electrons. The van der Waals surface area contributed by atoms with Crippen LogP contribution in [0.4, 0.5) is 5.69 Å². The lowest BCUT2D eigenvalue weighted by Gasteiger charge is -2.01. The fourth-order valence-electron chi connectivity index (χ4n) is 3.15. The van der Waals surface area contributed by atoms with Crippen molar-refractivity contribution in [2.45, 2.75) is 0 Å². The van der Waals surface area contributed by atoms with Gasteiger partial charge in [0.25, 0.3) is 5.69 Å². The molecule has 4 rings (SSSR count). The zero-order valence-corrected chi connectivity index (χ0v) is 14.9. The number of benzene rings is 1. The standard InChI is InChI=1S/C21H15N3O4/c1-28-21(25)19-13-18(16-5-3-2-4-6-17(16)19)20-11-12-23(22-20)14-7-9-15(10-8-14)24(26)27/h2-13H,1H3. The van der Waals surface area contributed by atoms with Gasteiger partial charge in [0.1, 0.15) is 0 Å². The van der Waals surface area contributed by atoms with Crippen LogP contribution >= 0.6 is 0 Å². The van der Waals surface area contributed by atoms with E-state index in [4.69, 9.17) is 4.74 Å². The van der Waals surface area contributed by atoms with Gasteiger partial charge >= 0.3 is 5.97 Å². The van der Waals surface area contributed by atoms with Gasteiger partial charge in [-0.25, -0.2) is 9.48 Å². The molecule has 0 N–H and O–H groups in total. The molecule has 28 heavy (non-hydrogen) atoms. The number of non-ortho nitro benzene ring substituents is 1. The van der Waals surface area contributed by atoms with E-state index in [-0.39, 0.29) is 5.69 Å². The summed E-state index contributed by atoms with van der Waals surface area (Å²) in [7, 11) is 1.35. The molecule has 7 heteroatoms. The van der Waals surface area contributed by atoms with Crippen LogP contribution in [0, 0.1) is 10.1 Å². The Hall–Kier alpha value is -4.00. The van der Waals surface area contributed by atoms with Crippen LogP contribution in [0.2, 0.25) is 0 Å². The second-order valence-corrected chi connectivity index (χ2v) is 6.12. The number of aromatic nitrogens is 2. The molecule has 0 amide bonds. The monoisotopic (exact) mass is 373 g/mol. The molecule has 0 saturated heterocycles. The van der Waals surface area contributed by atoms with Crippen LogP contribution in [0.25, 0.3) is 28.1 Å². The van der Waals surface area contributed by atoms with Gasteiger partial charge in [0.05, 0.1) is 29.0 Å². The number of hydrogen-bond donors (Lipinski definition) is 0. The van der Waals surface area contributed by atoms with Gasteiger partial charge in [-0.15, -0.1) is 0 Å². The molecule has 0 saturated carbocycles. The van der Waals surface area contributed by atoms with E-state index in [1.165, 1.54) is 19.2 Å². The minimum absolute atomic E-state index is 0.0216. The van der Waals surface area contributed by atoms with E-state index in [1.54, 1.807) is 29.1 Å². The van der Waals surface area contributed by atoms with Crippen molar-refractivity contribution in [3.63, 3.8) is 0 Å². The highest BCUT2D eigenvalue weighted by Gasteiger charge is 2.22. The molecule has 0 fully saturated rings. The number of methoxy groups -OCH3 is 1. The first-order valence-corrected chi connectivity index (χ1v) is 8.49. The van der Waals surface area contributed by atoms with Crippen molar-refractivity contribution in [1.82, 2.24) is 9.78 Å². The van der Waals surface area contributed by atoms with E-state index < -0.39 is 10.9 Å². The van der Waals surface area contributed by atoms with Crippen molar-refractivity contribution >= 4 is 11.7 Å². The number of fused-ring (bicyclic) bond motifs is 1. The van der Waals surface area contributed by atoms with E-state index in [0.29, 0.717) is 16.9 Å². The Balaban J connectivity index is 1.78. The SMILES string of the molecule is COC(=O)c1cc(-c2ccn(-c3ccc([N+](=O)[O-])cc3)n2)c2cccccc1-2. The zero-order valence-electron chi connectivity index (χ0n) is 14.9. The Morgan fingerprint density at radius 2 is 1.71 bits per heavy atom. The summed E-state index contributed by atoms with van der Waals surface area (Å²) >= 11 is 0. The predicted molar refractivity (Wildman–Crippen MR) is 104 cm³/mol. The van der Waals surface area contributed by atoms with Crippen molar-refractivity contribution in [3.05, 3.63) is 88.6 Å². The summed E-state index contributed by atoms with van der Waals surface area (Å²) in [4.78, 5) is 22.6. The number of hydrogen-bond acceptors (Lipinski definition) is 5. The molecule has 1 aromatic carbocycles. The lowest BCUT2D eigenvalue weighted by atomic mass is 10.1. The van der Waals surface area contributed by atoms with Crippen molar-refractivity contribution in [2.24, 2.45) is 0 Å². The number of carbonyl (C=O) groups excluding carboxylic acids is 1. The third-order valence-electron chi connectivity index (χ3n) is 4.50. The molecule has 0 bridgehead atoms. The summed E-state index contributed by atoms with van der Waals surface area (Å²) in [6.45, 7) is 0. The van der Waals surface area contributed by atoms with Gasteiger partial charge in [0.2, 0.25) is 0 Å². The molecule has 0 unspecified atom stereocenters. The number of carbonyl (C=O) groups is 1. The van der Waals surface area contributed by atoms with Crippen LogP contribution < -0.4 is 0 Å². The van der Waals surface area contributed by atoms with E-state index in [0.717, 1.165) is 16.7 Å². The highest BCUT2D eigenvalue weighted by Crippen LogP contribution is 2.38. The average Bonchev–Trinajstić information content (AvgIpc) is 3.25. The van der Waals surface area contributed by atoms with Crippen molar-refractivity contribution in [2.75, 3.05) is 7.11 Å². The summed E-state index contributed by atoms with van der Waals surface area (Å²) in [5.41, 5.74) is 4.38. The molecule has 2 aliphatic rings. The average molecular weight is 373 g/mol. The van der Waals surface area contributed by atoms with Gasteiger partial charge in [-0.2, -0.15) is 5.10 Å². The van der Waals surface area contributed by atoms with Gasteiger partial charge in [0.15, 0.2) is 0 Å². The van der Waals surface area contributed by atoms with Crippen molar-refractivity contribution in [1.29, 1.82) is 0 Å². The van der Waals surface area contributed by atoms with Crippen LogP contribution in [0.1, 0.15) is 10.4 Å². The van der Waals surface area contributed by atoms with E-state index in [1.807, 2.05) is 36.4 Å². The topological polar surface area (TPSA) is 87.3 Å². The fourth-order valence-corrected chi connectivity index (χ4v) is 3.15. The molecule has 2 aliphatic carbocycles. The van der Waals surface area contributed by atoms with Crippen molar-refractivity contribution in [3.8, 4) is 28.1 Å². The Bertz CT molecular complexity index is 1150. The minimum Gasteiger partial charge on any atom is -0.465 e. The van der Waals surface area contributed by atoms with Crippen molar-refractivity contribution < 1.29 is 14.5 Å². The maximum atomic E-state index is 12.2. The lowest BCUT2D eigenvalue weighted by Crippen LogP contribution is -1.99. The first-order chi connectivity index (χ1) is 13.6. The molecule has 2 aromatic rings. The smallest absolute Gasteiger partial charge is 0.338 e. The van der Waals surface area contributed by atoms with Gasteiger partial charge in [-0.3, -0.25) is 10.1 Å². The third kappa shape index (κ3) is 2.99. The first-order valence-electron chi connectivity index (χ1n) is 8.49. The molecular weight excluding hydrogens is 358 g/mol. The molecule has 0 spiro atoms. The Kier molecular flexibility index (Phi) is 4.33. The summed E-state index contributed by atoms with van der Waals surface area (Å²) in [6.07, 6.45) is 1.77. The number of ether oxygens (including phenoxy) is 1. The molecule has 1 heterocycles. The van der Waals surface area contributed by atoms with E-state index >= 15 is 0 Å². The zero-order chi connectivity index (χ0) is 19.7. The number of nitrogens with zero attached hydrogens (tertiary/aromatic N) is 3. The Morgan fingerprint density at radius 3 is 2.39 bits per heavy atom. The van der Waals surface area contributed by atoms with Crippen LogP contribution in [-0.2, 0) is 4.74 Å². The van der Waals surface area contributed by atoms with Crippen LogP contribution in [0.5, 0.6) is 0 Å². The first kappa shape index (κ1) is 17.4. The molecule has 1 aromatic heterocycles. The predicted octanol–water partition coefficient (Wildman–Crippen LogP) is 4.34. The summed E-state index contributed by atoms with van der Waals surface area (Å²) in [5, 5.41) is 15.4. The lowest BCUT2D eigenvalue weighted by molar-refractivity contribution is -0.384. The number of nitro benzene ring substituents is 1. The maximum Gasteiger partial charge on any atom is 0.338 e. The summed E-state index contributed by atoms with van der Waals surface area (Å²) < 4.78 is 6.55. The van der Waals surface area contributed by atoms with Crippen LogP contribution in [-0.4, -0.2) is 27.8 Å². The van der Waals surface area contributed by atoms with Gasteiger partial charge in [0, 0.05) is 23.9 Å². The third-order valence-corrected chi connectivity index (χ3v) is 4.50. The van der Waals surface area contributed by atoms with E-state index in [9.17, 15) is 14.9 Å². The molecular formula is C21H15N3O4. The second-order valence-electron chi connectivity index (χ2n) is 6.12. The molecule has 0 radical (unpaired) electrons. The van der Waals surface area contributed by atoms with Crippen LogP contribution in [0.15, 0.2) is 72.9 Å². The molecule has 0 atom stereocenters. The summed E-state index contributed by atoms with van der Waals surface area (Å²) in [5.74, 6) is -0.405. The van der Waals surface area contributed by atoms with Crippen LogP contribution in [0.3, 0.4) is 0 Å². The maximum absolute atomic E-state index is 12.2. The quantitative estimate of drug-likeness (QED) is 0.302. The Labute approximate surface area is 160 Å². The Morgan fingerprint density at radius 1 is 1.00 bits per heavy atom.